The van der Waals surface area contributed by atoms with Crippen molar-refractivity contribution in [2.75, 3.05) is 39.3 Å². The standard InChI is InChI=1S/C16H26N2O2/c1-15(2,19)7-5-9-17-11-13-18(14-12-17)10-6-8-16(3,4)20/h19-20H,9-14H2,1-4H3. The van der Waals surface area contributed by atoms with Crippen molar-refractivity contribution in [1.29, 1.82) is 0 Å². The summed E-state index contributed by atoms with van der Waals surface area (Å²) in [4.78, 5) is 4.55. The molecule has 1 fully saturated rings. The van der Waals surface area contributed by atoms with Gasteiger partial charge in [-0.25, -0.2) is 0 Å². The van der Waals surface area contributed by atoms with E-state index in [4.69, 9.17) is 0 Å². The fourth-order valence-corrected chi connectivity index (χ4v) is 1.84. The third-order valence-electron chi connectivity index (χ3n) is 2.86. The number of hydrogen-bond acceptors (Lipinski definition) is 4. The Morgan fingerprint density at radius 3 is 1.30 bits per heavy atom. The molecule has 0 aromatic carbocycles. The van der Waals surface area contributed by atoms with Gasteiger partial charge < -0.3 is 10.2 Å². The summed E-state index contributed by atoms with van der Waals surface area (Å²) in [6, 6.07) is 0. The molecule has 0 aromatic rings. The van der Waals surface area contributed by atoms with Gasteiger partial charge in [-0.15, -0.1) is 0 Å². The van der Waals surface area contributed by atoms with E-state index >= 15 is 0 Å². The lowest BCUT2D eigenvalue weighted by Crippen LogP contribution is -2.46. The molecule has 20 heavy (non-hydrogen) atoms. The molecular weight excluding hydrogens is 252 g/mol. The zero-order valence-electron chi connectivity index (χ0n) is 13.0. The highest BCUT2D eigenvalue weighted by molar-refractivity contribution is 5.12. The monoisotopic (exact) mass is 278 g/mol. The van der Waals surface area contributed by atoms with Crippen LogP contribution in [0.25, 0.3) is 0 Å². The highest BCUT2D eigenvalue weighted by atomic mass is 16.3. The largest absolute Gasteiger partial charge is 0.378 e. The maximum absolute atomic E-state index is 9.52. The van der Waals surface area contributed by atoms with Crippen molar-refractivity contribution >= 4 is 0 Å². The van der Waals surface area contributed by atoms with Crippen molar-refractivity contribution in [3.63, 3.8) is 0 Å². The quantitative estimate of drug-likeness (QED) is 0.706. The van der Waals surface area contributed by atoms with Crippen LogP contribution in [0.1, 0.15) is 27.7 Å². The lowest BCUT2D eigenvalue weighted by Gasteiger charge is -2.32. The Morgan fingerprint density at radius 2 is 1.05 bits per heavy atom. The topological polar surface area (TPSA) is 46.9 Å². The van der Waals surface area contributed by atoms with Gasteiger partial charge in [0.2, 0.25) is 0 Å². The molecule has 112 valence electrons. The Kier molecular flexibility index (Phi) is 6.05. The van der Waals surface area contributed by atoms with Crippen LogP contribution in [0, 0.1) is 23.7 Å². The van der Waals surface area contributed by atoms with E-state index in [1.807, 2.05) is 0 Å². The minimum atomic E-state index is -0.908. The summed E-state index contributed by atoms with van der Waals surface area (Å²) in [7, 11) is 0. The minimum absolute atomic E-state index is 0.702. The number of hydrogen-bond donors (Lipinski definition) is 2. The van der Waals surface area contributed by atoms with Crippen LogP contribution in [0.2, 0.25) is 0 Å². The van der Waals surface area contributed by atoms with E-state index in [1.165, 1.54) is 0 Å². The fraction of sp³-hybridized carbons (Fsp3) is 0.750. The van der Waals surface area contributed by atoms with Crippen molar-refractivity contribution in [2.45, 2.75) is 38.9 Å². The molecule has 1 rings (SSSR count). The Hall–Kier alpha value is -1.04. The molecule has 0 atom stereocenters. The predicted molar refractivity (Wildman–Crippen MR) is 81.0 cm³/mol. The summed E-state index contributed by atoms with van der Waals surface area (Å²) in [6.07, 6.45) is 0. The van der Waals surface area contributed by atoms with Crippen molar-refractivity contribution in [1.82, 2.24) is 9.80 Å². The van der Waals surface area contributed by atoms with E-state index < -0.39 is 11.2 Å². The van der Waals surface area contributed by atoms with Gasteiger partial charge in [0.1, 0.15) is 11.2 Å². The van der Waals surface area contributed by atoms with Gasteiger partial charge in [-0.2, -0.15) is 0 Å². The van der Waals surface area contributed by atoms with E-state index in [-0.39, 0.29) is 0 Å². The van der Waals surface area contributed by atoms with Crippen molar-refractivity contribution in [3.8, 4) is 23.7 Å². The third-order valence-corrected chi connectivity index (χ3v) is 2.86. The molecule has 0 amide bonds. The first kappa shape index (κ1) is 17.0. The van der Waals surface area contributed by atoms with E-state index in [1.54, 1.807) is 27.7 Å². The lowest BCUT2D eigenvalue weighted by molar-refractivity contribution is 0.140. The van der Waals surface area contributed by atoms with Crippen molar-refractivity contribution in [3.05, 3.63) is 0 Å². The second kappa shape index (κ2) is 7.11. The third kappa shape index (κ3) is 8.19. The van der Waals surface area contributed by atoms with Crippen LogP contribution in [-0.4, -0.2) is 70.5 Å². The molecule has 0 saturated carbocycles. The molecule has 0 unspecified atom stereocenters. The minimum Gasteiger partial charge on any atom is -0.378 e. The Labute approximate surface area is 122 Å². The summed E-state index contributed by atoms with van der Waals surface area (Å²) in [5.41, 5.74) is -1.82. The maximum Gasteiger partial charge on any atom is 0.120 e. The second-order valence-corrected chi connectivity index (χ2v) is 6.27. The summed E-state index contributed by atoms with van der Waals surface area (Å²) < 4.78 is 0. The molecule has 1 saturated heterocycles. The van der Waals surface area contributed by atoms with Gasteiger partial charge >= 0.3 is 0 Å². The van der Waals surface area contributed by atoms with Crippen LogP contribution in [0.5, 0.6) is 0 Å². The molecule has 1 heterocycles. The summed E-state index contributed by atoms with van der Waals surface area (Å²) in [5, 5.41) is 19.0. The summed E-state index contributed by atoms with van der Waals surface area (Å²) >= 11 is 0. The normalized spacial score (nSPS) is 17.9. The first-order chi connectivity index (χ1) is 9.16. The van der Waals surface area contributed by atoms with Crippen LogP contribution in [-0.2, 0) is 0 Å². The molecule has 4 heteroatoms. The number of piperazine rings is 1. The molecule has 2 N–H and O–H groups in total. The first-order valence-electron chi connectivity index (χ1n) is 7.05. The number of aliphatic hydroxyl groups is 2. The van der Waals surface area contributed by atoms with E-state index in [0.717, 1.165) is 26.2 Å². The molecule has 0 spiro atoms. The maximum atomic E-state index is 9.52. The fourth-order valence-electron chi connectivity index (χ4n) is 1.84. The molecule has 0 bridgehead atoms. The van der Waals surface area contributed by atoms with Gasteiger partial charge in [-0.05, 0) is 27.7 Å². The molecule has 1 aliphatic rings. The van der Waals surface area contributed by atoms with Crippen molar-refractivity contribution < 1.29 is 10.2 Å². The average molecular weight is 278 g/mol. The van der Waals surface area contributed by atoms with E-state index in [9.17, 15) is 10.2 Å². The highest BCUT2D eigenvalue weighted by Crippen LogP contribution is 2.02. The molecule has 0 aromatic heterocycles. The van der Waals surface area contributed by atoms with Crippen LogP contribution in [0.15, 0.2) is 0 Å². The van der Waals surface area contributed by atoms with Gasteiger partial charge in [0.05, 0.1) is 13.1 Å². The Morgan fingerprint density at radius 1 is 0.750 bits per heavy atom. The zero-order valence-corrected chi connectivity index (χ0v) is 13.0. The van der Waals surface area contributed by atoms with Crippen LogP contribution < -0.4 is 0 Å². The van der Waals surface area contributed by atoms with Crippen molar-refractivity contribution in [2.24, 2.45) is 0 Å². The molecule has 0 aliphatic carbocycles. The molecule has 0 radical (unpaired) electrons. The van der Waals surface area contributed by atoms with Gasteiger partial charge in [0.15, 0.2) is 0 Å². The Balaban J connectivity index is 2.29. The summed E-state index contributed by atoms with van der Waals surface area (Å²) in [5.74, 6) is 11.7. The molecule has 4 nitrogen and oxygen atoms in total. The molecule has 1 aliphatic heterocycles. The smallest absolute Gasteiger partial charge is 0.120 e. The van der Waals surface area contributed by atoms with Crippen LogP contribution in [0.4, 0.5) is 0 Å². The van der Waals surface area contributed by atoms with Gasteiger partial charge in [0, 0.05) is 26.2 Å². The second-order valence-electron chi connectivity index (χ2n) is 6.27. The summed E-state index contributed by atoms with van der Waals surface area (Å²) in [6.45, 7) is 12.0. The van der Waals surface area contributed by atoms with Gasteiger partial charge in [0.25, 0.3) is 0 Å². The highest BCUT2D eigenvalue weighted by Gasteiger charge is 2.15. The molecular formula is C16H26N2O2. The van der Waals surface area contributed by atoms with E-state index in [2.05, 4.69) is 33.5 Å². The van der Waals surface area contributed by atoms with Crippen LogP contribution >= 0.6 is 0 Å². The number of rotatable bonds is 2. The Bertz CT molecular complexity index is 374. The van der Waals surface area contributed by atoms with E-state index in [0.29, 0.717) is 13.1 Å². The average Bonchev–Trinajstić information content (AvgIpc) is 2.28. The number of nitrogens with zero attached hydrogens (tertiary/aromatic N) is 2. The SMILES string of the molecule is CC(C)(O)C#CCN1CCN(CC#CC(C)(C)O)CC1. The zero-order chi connectivity index (χ0) is 15.2. The predicted octanol–water partition coefficient (Wildman–Crippen LogP) is 0.153. The first-order valence-corrected chi connectivity index (χ1v) is 7.05. The lowest BCUT2D eigenvalue weighted by atomic mass is 10.1. The van der Waals surface area contributed by atoms with Gasteiger partial charge in [-0.3, -0.25) is 9.80 Å². The van der Waals surface area contributed by atoms with Crippen LogP contribution in [0.3, 0.4) is 0 Å². The van der Waals surface area contributed by atoms with Gasteiger partial charge in [-0.1, -0.05) is 23.7 Å².